The topological polar surface area (TPSA) is 50.1 Å². The van der Waals surface area contributed by atoms with Crippen LogP contribution in [0.1, 0.15) is 19.3 Å². The number of rotatable bonds is 5. The number of aliphatic hydroxyl groups excluding tert-OH is 1. The molecule has 1 aromatic rings. The van der Waals surface area contributed by atoms with Gasteiger partial charge in [0.2, 0.25) is 0 Å². The van der Waals surface area contributed by atoms with Gasteiger partial charge in [-0.05, 0) is 25.8 Å². The van der Waals surface area contributed by atoms with Gasteiger partial charge in [0.05, 0.1) is 12.4 Å². The van der Waals surface area contributed by atoms with Gasteiger partial charge >= 0.3 is 0 Å². The Morgan fingerprint density at radius 2 is 2.36 bits per heavy atom. The van der Waals surface area contributed by atoms with E-state index in [1.807, 2.05) is 12.5 Å². The van der Waals surface area contributed by atoms with Crippen molar-refractivity contribution in [1.82, 2.24) is 14.9 Å². The highest BCUT2D eigenvalue weighted by atomic mass is 16.3. The lowest BCUT2D eigenvalue weighted by Gasteiger charge is -2.32. The second kappa shape index (κ2) is 4.57. The van der Waals surface area contributed by atoms with Gasteiger partial charge in [0, 0.05) is 25.0 Å². The van der Waals surface area contributed by atoms with Gasteiger partial charge in [-0.3, -0.25) is 0 Å². The van der Waals surface area contributed by atoms with Crippen molar-refractivity contribution in [2.24, 2.45) is 0 Å². The summed E-state index contributed by atoms with van der Waals surface area (Å²) in [7, 11) is 0. The van der Waals surface area contributed by atoms with E-state index in [4.69, 9.17) is 5.11 Å². The Hall–Kier alpha value is -0.870. The number of nitrogens with zero attached hydrogens (tertiary/aromatic N) is 2. The third-order valence-corrected chi connectivity index (χ3v) is 2.70. The molecule has 1 aliphatic rings. The Bertz CT molecular complexity index is 254. The van der Waals surface area contributed by atoms with Crippen molar-refractivity contribution in [2.75, 3.05) is 6.54 Å². The second-order valence-corrected chi connectivity index (χ2v) is 3.93. The zero-order valence-electron chi connectivity index (χ0n) is 8.26. The average molecular weight is 195 g/mol. The van der Waals surface area contributed by atoms with E-state index >= 15 is 0 Å². The molecule has 2 N–H and O–H groups in total. The Balaban J connectivity index is 1.52. The Labute approximate surface area is 84.0 Å². The SMILES string of the molecule is OC1CC(NCCCn2ccnc2)C1. The summed E-state index contributed by atoms with van der Waals surface area (Å²) < 4.78 is 2.08. The van der Waals surface area contributed by atoms with Crippen LogP contribution in [-0.4, -0.2) is 33.3 Å². The van der Waals surface area contributed by atoms with E-state index in [-0.39, 0.29) is 6.10 Å². The minimum atomic E-state index is -0.0545. The molecule has 1 saturated carbocycles. The van der Waals surface area contributed by atoms with Gasteiger partial charge in [-0.1, -0.05) is 0 Å². The molecule has 0 amide bonds. The van der Waals surface area contributed by atoms with Crippen LogP contribution in [0.2, 0.25) is 0 Å². The molecule has 0 radical (unpaired) electrons. The summed E-state index contributed by atoms with van der Waals surface area (Å²) in [4.78, 5) is 3.98. The summed E-state index contributed by atoms with van der Waals surface area (Å²) in [6.45, 7) is 2.04. The van der Waals surface area contributed by atoms with Crippen molar-refractivity contribution in [1.29, 1.82) is 0 Å². The highest BCUT2D eigenvalue weighted by Crippen LogP contribution is 2.18. The van der Waals surface area contributed by atoms with Crippen LogP contribution in [0.4, 0.5) is 0 Å². The third kappa shape index (κ3) is 2.56. The standard InChI is InChI=1S/C10H17N3O/c14-10-6-9(7-10)12-2-1-4-13-5-3-11-8-13/h3,5,8-10,12,14H,1-2,4,6-7H2. The zero-order chi connectivity index (χ0) is 9.80. The van der Waals surface area contributed by atoms with E-state index in [1.54, 1.807) is 6.20 Å². The number of aromatic nitrogens is 2. The zero-order valence-corrected chi connectivity index (χ0v) is 8.26. The Morgan fingerprint density at radius 1 is 1.50 bits per heavy atom. The second-order valence-electron chi connectivity index (χ2n) is 3.93. The van der Waals surface area contributed by atoms with E-state index < -0.39 is 0 Å². The molecule has 1 aliphatic carbocycles. The van der Waals surface area contributed by atoms with Crippen molar-refractivity contribution < 1.29 is 5.11 Å². The third-order valence-electron chi connectivity index (χ3n) is 2.70. The average Bonchev–Trinajstić information content (AvgIpc) is 2.61. The molecule has 0 spiro atoms. The van der Waals surface area contributed by atoms with E-state index in [0.717, 1.165) is 32.4 Å². The molecule has 0 atom stereocenters. The lowest BCUT2D eigenvalue weighted by molar-refractivity contribution is 0.0625. The Kier molecular flexibility index (Phi) is 3.16. The molecule has 0 unspecified atom stereocenters. The highest BCUT2D eigenvalue weighted by molar-refractivity contribution is 4.84. The molecule has 0 aromatic carbocycles. The number of imidazole rings is 1. The van der Waals surface area contributed by atoms with E-state index in [1.165, 1.54) is 0 Å². The molecule has 78 valence electrons. The first kappa shape index (κ1) is 9.68. The molecule has 0 saturated heterocycles. The van der Waals surface area contributed by atoms with Crippen LogP contribution >= 0.6 is 0 Å². The van der Waals surface area contributed by atoms with Crippen LogP contribution < -0.4 is 5.32 Å². The van der Waals surface area contributed by atoms with E-state index in [2.05, 4.69) is 14.9 Å². The molecule has 1 heterocycles. The summed E-state index contributed by atoms with van der Waals surface area (Å²) in [5.41, 5.74) is 0. The van der Waals surface area contributed by atoms with Gasteiger partial charge in [-0.25, -0.2) is 4.98 Å². The van der Waals surface area contributed by atoms with Crippen molar-refractivity contribution in [3.8, 4) is 0 Å². The van der Waals surface area contributed by atoms with Gasteiger partial charge in [0.15, 0.2) is 0 Å². The number of aryl methyl sites for hydroxylation is 1. The van der Waals surface area contributed by atoms with Gasteiger partial charge in [0.1, 0.15) is 0 Å². The fourth-order valence-electron chi connectivity index (χ4n) is 1.74. The van der Waals surface area contributed by atoms with Crippen LogP contribution in [0.3, 0.4) is 0 Å². The molecule has 1 fully saturated rings. The largest absolute Gasteiger partial charge is 0.393 e. The molecule has 1 aromatic heterocycles. The molecule has 4 heteroatoms. The maximum atomic E-state index is 9.07. The maximum Gasteiger partial charge on any atom is 0.0945 e. The first-order valence-corrected chi connectivity index (χ1v) is 5.22. The summed E-state index contributed by atoms with van der Waals surface area (Å²) in [6.07, 6.45) is 8.52. The minimum absolute atomic E-state index is 0.0545. The molecule has 2 rings (SSSR count). The molecular formula is C10H17N3O. The van der Waals surface area contributed by atoms with Crippen LogP contribution in [0, 0.1) is 0 Å². The monoisotopic (exact) mass is 195 g/mol. The minimum Gasteiger partial charge on any atom is -0.393 e. The predicted octanol–water partition coefficient (Wildman–Crippen LogP) is 0.386. The van der Waals surface area contributed by atoms with Crippen LogP contribution in [-0.2, 0) is 6.54 Å². The summed E-state index contributed by atoms with van der Waals surface area (Å²) in [5.74, 6) is 0. The molecule has 4 nitrogen and oxygen atoms in total. The number of hydrogen-bond acceptors (Lipinski definition) is 3. The molecule has 0 bridgehead atoms. The smallest absolute Gasteiger partial charge is 0.0945 e. The van der Waals surface area contributed by atoms with Crippen LogP contribution in [0.15, 0.2) is 18.7 Å². The summed E-state index contributed by atoms with van der Waals surface area (Å²) in [6, 6.07) is 0.549. The van der Waals surface area contributed by atoms with Crippen molar-refractivity contribution in [3.05, 3.63) is 18.7 Å². The van der Waals surface area contributed by atoms with Gasteiger partial charge in [0.25, 0.3) is 0 Å². The lowest BCUT2D eigenvalue weighted by Crippen LogP contribution is -2.44. The number of hydrogen-bond donors (Lipinski definition) is 2. The number of aliphatic hydroxyl groups is 1. The Morgan fingerprint density at radius 3 is 3.00 bits per heavy atom. The van der Waals surface area contributed by atoms with Crippen molar-refractivity contribution >= 4 is 0 Å². The van der Waals surface area contributed by atoms with Crippen molar-refractivity contribution in [2.45, 2.75) is 38.0 Å². The molecule has 0 aliphatic heterocycles. The van der Waals surface area contributed by atoms with Crippen LogP contribution in [0.25, 0.3) is 0 Å². The van der Waals surface area contributed by atoms with E-state index in [9.17, 15) is 0 Å². The highest BCUT2D eigenvalue weighted by Gasteiger charge is 2.25. The molecule has 14 heavy (non-hydrogen) atoms. The number of nitrogens with one attached hydrogen (secondary N) is 1. The van der Waals surface area contributed by atoms with E-state index in [0.29, 0.717) is 6.04 Å². The quantitative estimate of drug-likeness (QED) is 0.668. The maximum absolute atomic E-state index is 9.07. The van der Waals surface area contributed by atoms with Crippen LogP contribution in [0.5, 0.6) is 0 Å². The predicted molar refractivity (Wildman–Crippen MR) is 53.9 cm³/mol. The van der Waals surface area contributed by atoms with Gasteiger partial charge in [-0.15, -0.1) is 0 Å². The first-order valence-electron chi connectivity index (χ1n) is 5.22. The first-order chi connectivity index (χ1) is 6.84. The van der Waals surface area contributed by atoms with Gasteiger partial charge in [-0.2, -0.15) is 0 Å². The normalized spacial score (nSPS) is 26.1. The fourth-order valence-corrected chi connectivity index (χ4v) is 1.74. The lowest BCUT2D eigenvalue weighted by atomic mass is 9.89. The van der Waals surface area contributed by atoms with Crippen molar-refractivity contribution in [3.63, 3.8) is 0 Å². The summed E-state index contributed by atoms with van der Waals surface area (Å²) in [5, 5.41) is 12.5. The summed E-state index contributed by atoms with van der Waals surface area (Å²) >= 11 is 0. The fraction of sp³-hybridized carbons (Fsp3) is 0.700. The van der Waals surface area contributed by atoms with Gasteiger partial charge < -0.3 is 15.0 Å². The molecular weight excluding hydrogens is 178 g/mol.